The van der Waals surface area contributed by atoms with Crippen molar-refractivity contribution >= 4 is 29.0 Å². The van der Waals surface area contributed by atoms with E-state index in [0.29, 0.717) is 45.3 Å². The van der Waals surface area contributed by atoms with Gasteiger partial charge in [-0.2, -0.15) is 0 Å². The summed E-state index contributed by atoms with van der Waals surface area (Å²) in [4.78, 5) is 52.6. The summed E-state index contributed by atoms with van der Waals surface area (Å²) in [5, 5.41) is 2.94. The smallest absolute Gasteiger partial charge is 0.220 e. The molecule has 1 N–H and O–H groups in total. The van der Waals surface area contributed by atoms with Crippen LogP contribution in [0, 0.1) is 10.8 Å². The molecule has 41 heavy (non-hydrogen) atoms. The molecule has 7 nitrogen and oxygen atoms in total. The van der Waals surface area contributed by atoms with Crippen LogP contribution in [0.4, 0.5) is 0 Å². The van der Waals surface area contributed by atoms with Crippen LogP contribution in [0.1, 0.15) is 125 Å². The summed E-state index contributed by atoms with van der Waals surface area (Å²) < 4.78 is 5.77. The van der Waals surface area contributed by atoms with Crippen molar-refractivity contribution in [2.45, 2.75) is 119 Å². The number of rotatable bonds is 20. The van der Waals surface area contributed by atoms with E-state index in [4.69, 9.17) is 4.74 Å². The highest BCUT2D eigenvalue weighted by atomic mass is 16.5. The van der Waals surface area contributed by atoms with E-state index in [0.717, 1.165) is 55.5 Å². The van der Waals surface area contributed by atoms with Gasteiger partial charge in [0.2, 0.25) is 5.91 Å². The molecule has 0 aromatic heterocycles. The van der Waals surface area contributed by atoms with Gasteiger partial charge in [-0.25, -0.2) is 0 Å². The maximum Gasteiger partial charge on any atom is 0.220 e. The van der Waals surface area contributed by atoms with E-state index in [1.807, 2.05) is 72.7 Å². The van der Waals surface area contributed by atoms with Crippen LogP contribution in [0.15, 0.2) is 29.3 Å². The third kappa shape index (κ3) is 16.9. The summed E-state index contributed by atoms with van der Waals surface area (Å²) >= 11 is 0. The number of ketones is 3. The Hall–Kier alpha value is -2.83. The highest BCUT2D eigenvalue weighted by molar-refractivity contribution is 6.00. The number of amides is 1. The number of hydrogen-bond donors (Lipinski definition) is 1. The van der Waals surface area contributed by atoms with Crippen molar-refractivity contribution in [2.24, 2.45) is 15.8 Å². The van der Waals surface area contributed by atoms with Gasteiger partial charge in [-0.15, -0.1) is 0 Å². The highest BCUT2D eigenvalue weighted by Crippen LogP contribution is 2.20. The van der Waals surface area contributed by atoms with Gasteiger partial charge < -0.3 is 10.1 Å². The Morgan fingerprint density at radius 3 is 1.80 bits per heavy atom. The molecular formula is C34H54N2O5. The lowest BCUT2D eigenvalue weighted by molar-refractivity contribution is -0.127. The number of carbonyl (C=O) groups excluding carboxylic acids is 4. The van der Waals surface area contributed by atoms with Crippen molar-refractivity contribution in [3.8, 4) is 5.75 Å². The number of ether oxygens (including phenoxy) is 1. The Kier molecular flexibility index (Phi) is 16.4. The first-order valence-electron chi connectivity index (χ1n) is 15.3. The monoisotopic (exact) mass is 570 g/mol. The summed E-state index contributed by atoms with van der Waals surface area (Å²) in [5.41, 5.74) is 1.18. The first kappa shape index (κ1) is 36.2. The number of nitrogens with zero attached hydrogens (tertiary/aromatic N) is 1. The molecule has 230 valence electrons. The molecule has 0 saturated heterocycles. The second kappa shape index (κ2) is 18.6. The van der Waals surface area contributed by atoms with Gasteiger partial charge in [-0.05, 0) is 68.9 Å². The average Bonchev–Trinajstić information content (AvgIpc) is 2.90. The van der Waals surface area contributed by atoms with Gasteiger partial charge in [0, 0.05) is 48.8 Å². The lowest BCUT2D eigenvalue weighted by Gasteiger charge is -2.16. The molecule has 0 saturated carbocycles. The zero-order valence-corrected chi connectivity index (χ0v) is 26.7. The molecule has 0 atom stereocenters. The first-order valence-corrected chi connectivity index (χ1v) is 15.3. The minimum absolute atomic E-state index is 0.0201. The van der Waals surface area contributed by atoms with Gasteiger partial charge in [0.05, 0.1) is 13.2 Å². The topological polar surface area (TPSA) is 102 Å². The Morgan fingerprint density at radius 2 is 1.24 bits per heavy atom. The van der Waals surface area contributed by atoms with E-state index in [9.17, 15) is 19.2 Å². The fourth-order valence-corrected chi connectivity index (χ4v) is 4.03. The number of carbonyl (C=O) groups is 4. The van der Waals surface area contributed by atoms with Crippen LogP contribution < -0.4 is 10.1 Å². The molecule has 1 rings (SSSR count). The Balaban J connectivity index is 2.19. The number of unbranched alkanes of at least 4 members (excludes halogenated alkanes) is 4. The van der Waals surface area contributed by atoms with Crippen molar-refractivity contribution < 1.29 is 23.9 Å². The summed E-state index contributed by atoms with van der Waals surface area (Å²) in [6.45, 7) is 14.8. The minimum Gasteiger partial charge on any atom is -0.494 e. The van der Waals surface area contributed by atoms with E-state index in [1.165, 1.54) is 0 Å². The molecular weight excluding hydrogens is 516 g/mol. The predicted octanol–water partition coefficient (Wildman–Crippen LogP) is 7.08. The van der Waals surface area contributed by atoms with Crippen LogP contribution in [-0.4, -0.2) is 48.7 Å². The highest BCUT2D eigenvalue weighted by Gasteiger charge is 2.20. The zero-order chi connectivity index (χ0) is 30.9. The molecule has 0 spiro atoms. The number of aliphatic imine (C=N–C) groups is 1. The van der Waals surface area contributed by atoms with Crippen LogP contribution in [0.25, 0.3) is 0 Å². The molecule has 0 aliphatic rings. The summed E-state index contributed by atoms with van der Waals surface area (Å²) in [5.74, 6) is 1.42. The van der Waals surface area contributed by atoms with Crippen molar-refractivity contribution in [3.63, 3.8) is 0 Å². The van der Waals surface area contributed by atoms with Gasteiger partial charge in [-0.1, -0.05) is 54.4 Å². The Bertz CT molecular complexity index is 997. The van der Waals surface area contributed by atoms with E-state index < -0.39 is 0 Å². The third-order valence-corrected chi connectivity index (χ3v) is 7.02. The number of benzene rings is 1. The fraction of sp³-hybridized carbons (Fsp3) is 0.676. The molecule has 0 bridgehead atoms. The molecule has 0 radical (unpaired) electrons. The number of hydrogen-bond acceptors (Lipinski definition) is 6. The molecule has 1 aromatic carbocycles. The molecule has 0 aliphatic carbocycles. The van der Waals surface area contributed by atoms with E-state index in [2.05, 4.69) is 10.3 Å². The molecule has 0 aliphatic heterocycles. The van der Waals surface area contributed by atoms with E-state index >= 15 is 0 Å². The van der Waals surface area contributed by atoms with Crippen LogP contribution in [0.2, 0.25) is 0 Å². The fourth-order valence-electron chi connectivity index (χ4n) is 4.03. The van der Waals surface area contributed by atoms with Crippen molar-refractivity contribution in [1.82, 2.24) is 5.32 Å². The molecule has 0 unspecified atom stereocenters. The van der Waals surface area contributed by atoms with Crippen LogP contribution in [0.3, 0.4) is 0 Å². The molecule has 1 aromatic rings. The third-order valence-electron chi connectivity index (χ3n) is 7.02. The van der Waals surface area contributed by atoms with Gasteiger partial charge in [0.25, 0.3) is 0 Å². The Labute approximate surface area is 248 Å². The zero-order valence-electron chi connectivity index (χ0n) is 26.7. The largest absolute Gasteiger partial charge is 0.494 e. The lowest BCUT2D eigenvalue weighted by Crippen LogP contribution is -2.24. The molecule has 0 heterocycles. The van der Waals surface area contributed by atoms with Crippen molar-refractivity contribution in [2.75, 3.05) is 19.7 Å². The van der Waals surface area contributed by atoms with Gasteiger partial charge in [0.1, 0.15) is 17.3 Å². The van der Waals surface area contributed by atoms with Crippen LogP contribution >= 0.6 is 0 Å². The Morgan fingerprint density at radius 1 is 0.707 bits per heavy atom. The van der Waals surface area contributed by atoms with E-state index in [-0.39, 0.29) is 40.6 Å². The second-order valence-electron chi connectivity index (χ2n) is 13.0. The van der Waals surface area contributed by atoms with Crippen LogP contribution in [0.5, 0.6) is 5.75 Å². The molecule has 1 amide bonds. The average molecular weight is 571 g/mol. The minimum atomic E-state index is -0.290. The van der Waals surface area contributed by atoms with Crippen molar-refractivity contribution in [1.29, 1.82) is 0 Å². The second-order valence-corrected chi connectivity index (χ2v) is 13.0. The van der Waals surface area contributed by atoms with Gasteiger partial charge in [-0.3, -0.25) is 24.2 Å². The maximum atomic E-state index is 12.2. The summed E-state index contributed by atoms with van der Waals surface area (Å²) in [6, 6.07) is 7.60. The van der Waals surface area contributed by atoms with E-state index in [1.54, 1.807) is 0 Å². The quantitative estimate of drug-likeness (QED) is 0.133. The maximum absolute atomic E-state index is 12.2. The standard InChI is InChI=1S/C34H54N2O5/c1-26(36-25-28(37)15-10-8-11-16-30(38)33(2,3)4)27-19-21-29(22-20-27)41-24-14-18-32(40)35-23-13-9-12-17-31(39)34(5,6)7/h19-22H,8-18,23-25H2,1-7H3,(H,35,40). The molecule has 0 fully saturated rings. The number of nitrogens with one attached hydrogen (secondary N) is 1. The predicted molar refractivity (Wildman–Crippen MR) is 167 cm³/mol. The van der Waals surface area contributed by atoms with Crippen LogP contribution in [-0.2, 0) is 19.2 Å². The van der Waals surface area contributed by atoms with Crippen molar-refractivity contribution in [3.05, 3.63) is 29.8 Å². The molecule has 7 heteroatoms. The summed E-state index contributed by atoms with van der Waals surface area (Å²) in [6.07, 6.45) is 7.89. The number of Topliss-reactive ketones (excluding diaryl/α,β-unsaturated/α-hetero) is 3. The summed E-state index contributed by atoms with van der Waals surface area (Å²) in [7, 11) is 0. The first-order chi connectivity index (χ1) is 19.2. The lowest BCUT2D eigenvalue weighted by atomic mass is 9.88. The van der Waals surface area contributed by atoms with Gasteiger partial charge >= 0.3 is 0 Å². The van der Waals surface area contributed by atoms with Gasteiger partial charge in [0.15, 0.2) is 5.78 Å². The SMILES string of the molecule is CC(=NCC(=O)CCCCCC(=O)C(C)(C)C)c1ccc(OCCCC(=O)NCCCCCC(=O)C(C)(C)C)cc1. The normalized spacial score (nSPS) is 12.2.